The normalized spacial score (nSPS) is 18.7. The van der Waals surface area contributed by atoms with E-state index in [0.717, 1.165) is 45.7 Å². The van der Waals surface area contributed by atoms with Gasteiger partial charge < -0.3 is 24.7 Å². The molecular weight excluding hydrogens is 424 g/mol. The van der Waals surface area contributed by atoms with Crippen LogP contribution >= 0.6 is 0 Å². The van der Waals surface area contributed by atoms with E-state index in [1.165, 1.54) is 0 Å². The van der Waals surface area contributed by atoms with Crippen molar-refractivity contribution < 1.29 is 23.9 Å². The third-order valence-corrected chi connectivity index (χ3v) is 6.91. The van der Waals surface area contributed by atoms with Crippen molar-refractivity contribution in [3.8, 4) is 0 Å². The Morgan fingerprint density at radius 3 is 2.45 bits per heavy atom. The number of nitrogens with zero attached hydrogens (tertiary/aromatic N) is 2. The van der Waals surface area contributed by atoms with Crippen LogP contribution in [-0.4, -0.2) is 91.7 Å². The van der Waals surface area contributed by atoms with E-state index >= 15 is 0 Å². The van der Waals surface area contributed by atoms with Crippen molar-refractivity contribution in [3.63, 3.8) is 0 Å². The minimum Gasteiger partial charge on any atom is -0.462 e. The van der Waals surface area contributed by atoms with E-state index in [9.17, 15) is 14.4 Å². The molecule has 2 aliphatic rings. The highest BCUT2D eigenvalue weighted by Crippen LogP contribution is 2.27. The summed E-state index contributed by atoms with van der Waals surface area (Å²) in [5.74, 6) is -0.263. The fourth-order valence-corrected chi connectivity index (χ4v) is 4.77. The Balaban J connectivity index is 1.48. The molecule has 3 heterocycles. The van der Waals surface area contributed by atoms with E-state index in [1.54, 1.807) is 20.8 Å². The van der Waals surface area contributed by atoms with Gasteiger partial charge in [-0.25, -0.2) is 4.79 Å². The summed E-state index contributed by atoms with van der Waals surface area (Å²) < 4.78 is 10.5. The fraction of sp³-hybridized carbons (Fsp3) is 0.708. The summed E-state index contributed by atoms with van der Waals surface area (Å²) in [7, 11) is 0. The van der Waals surface area contributed by atoms with Crippen LogP contribution in [0.15, 0.2) is 0 Å². The van der Waals surface area contributed by atoms with Gasteiger partial charge in [0.15, 0.2) is 0 Å². The highest BCUT2D eigenvalue weighted by molar-refractivity contribution is 6.00. The highest BCUT2D eigenvalue weighted by atomic mass is 16.5. The number of esters is 1. The minimum atomic E-state index is -0.407. The molecule has 2 amide bonds. The van der Waals surface area contributed by atoms with E-state index < -0.39 is 5.97 Å². The summed E-state index contributed by atoms with van der Waals surface area (Å²) in [6.07, 6.45) is 1.57. The monoisotopic (exact) mass is 462 g/mol. The predicted molar refractivity (Wildman–Crippen MR) is 124 cm³/mol. The quantitative estimate of drug-likeness (QED) is 0.571. The molecule has 2 saturated heterocycles. The van der Waals surface area contributed by atoms with Gasteiger partial charge in [-0.05, 0) is 45.1 Å². The molecule has 0 radical (unpaired) electrons. The van der Waals surface area contributed by atoms with Gasteiger partial charge >= 0.3 is 5.97 Å². The van der Waals surface area contributed by atoms with Crippen LogP contribution in [0.5, 0.6) is 0 Å². The van der Waals surface area contributed by atoms with Gasteiger partial charge in [0.05, 0.1) is 25.4 Å². The second-order valence-electron chi connectivity index (χ2n) is 9.01. The summed E-state index contributed by atoms with van der Waals surface area (Å²) in [4.78, 5) is 45.2. The number of hydrogen-bond acceptors (Lipinski definition) is 6. The molecule has 2 N–H and O–H groups in total. The SMILES string of the molecule is CCOC(=O)c1c(C)[nH]c(C(=O)N2CCC(C(C)C(=O)NCCN3CCOCC3)CC2)c1C. The lowest BCUT2D eigenvalue weighted by Gasteiger charge is -2.34. The summed E-state index contributed by atoms with van der Waals surface area (Å²) in [6.45, 7) is 13.6. The molecular formula is C24H38N4O5. The van der Waals surface area contributed by atoms with Crippen molar-refractivity contribution in [2.75, 3.05) is 59.1 Å². The van der Waals surface area contributed by atoms with Crippen LogP contribution in [0.4, 0.5) is 0 Å². The smallest absolute Gasteiger partial charge is 0.340 e. The zero-order valence-corrected chi connectivity index (χ0v) is 20.4. The topological polar surface area (TPSA) is 104 Å². The maximum Gasteiger partial charge on any atom is 0.340 e. The van der Waals surface area contributed by atoms with Crippen LogP contribution in [0, 0.1) is 25.7 Å². The Morgan fingerprint density at radius 2 is 1.82 bits per heavy atom. The number of aryl methyl sites for hydroxylation is 1. The van der Waals surface area contributed by atoms with Gasteiger partial charge in [0, 0.05) is 50.9 Å². The number of piperidine rings is 1. The summed E-state index contributed by atoms with van der Waals surface area (Å²) >= 11 is 0. The minimum absolute atomic E-state index is 0.0861. The molecule has 0 aliphatic carbocycles. The molecule has 9 heteroatoms. The van der Waals surface area contributed by atoms with Crippen molar-refractivity contribution in [3.05, 3.63) is 22.5 Å². The molecule has 33 heavy (non-hydrogen) atoms. The lowest BCUT2D eigenvalue weighted by molar-refractivity contribution is -0.126. The second kappa shape index (κ2) is 11.7. The number of carbonyl (C=O) groups is 3. The van der Waals surface area contributed by atoms with Crippen LogP contribution in [0.3, 0.4) is 0 Å². The lowest BCUT2D eigenvalue weighted by Crippen LogP contribution is -2.45. The van der Waals surface area contributed by atoms with Gasteiger partial charge in [-0.15, -0.1) is 0 Å². The molecule has 2 fully saturated rings. The van der Waals surface area contributed by atoms with Crippen LogP contribution < -0.4 is 5.32 Å². The first-order valence-electron chi connectivity index (χ1n) is 12.1. The van der Waals surface area contributed by atoms with Gasteiger partial charge in [-0.2, -0.15) is 0 Å². The summed E-state index contributed by atoms with van der Waals surface area (Å²) in [5.41, 5.74) is 2.16. The number of aromatic amines is 1. The molecule has 1 atom stereocenters. The second-order valence-corrected chi connectivity index (χ2v) is 9.01. The molecule has 1 unspecified atom stereocenters. The van der Waals surface area contributed by atoms with Crippen molar-refractivity contribution >= 4 is 17.8 Å². The number of H-pyrrole nitrogens is 1. The molecule has 0 bridgehead atoms. The molecule has 0 aromatic carbocycles. The largest absolute Gasteiger partial charge is 0.462 e. The van der Waals surface area contributed by atoms with E-state index in [2.05, 4.69) is 15.2 Å². The van der Waals surface area contributed by atoms with Crippen molar-refractivity contribution in [2.24, 2.45) is 11.8 Å². The Morgan fingerprint density at radius 1 is 1.15 bits per heavy atom. The maximum absolute atomic E-state index is 13.1. The van der Waals surface area contributed by atoms with Crippen LogP contribution in [-0.2, 0) is 14.3 Å². The predicted octanol–water partition coefficient (Wildman–Crippen LogP) is 1.74. The Hall–Kier alpha value is -2.39. The zero-order chi connectivity index (χ0) is 24.0. The first-order valence-corrected chi connectivity index (χ1v) is 12.1. The number of morpholine rings is 1. The molecule has 9 nitrogen and oxygen atoms in total. The first-order chi connectivity index (χ1) is 15.8. The molecule has 1 aromatic heterocycles. The molecule has 0 saturated carbocycles. The van der Waals surface area contributed by atoms with Gasteiger partial charge in [0.2, 0.25) is 5.91 Å². The molecule has 0 spiro atoms. The average molecular weight is 463 g/mol. The Labute approximate surface area is 196 Å². The average Bonchev–Trinajstić information content (AvgIpc) is 3.12. The third-order valence-electron chi connectivity index (χ3n) is 6.91. The molecule has 2 aliphatic heterocycles. The summed E-state index contributed by atoms with van der Waals surface area (Å²) in [5, 5.41) is 3.07. The van der Waals surface area contributed by atoms with E-state index in [1.807, 2.05) is 11.8 Å². The fourth-order valence-electron chi connectivity index (χ4n) is 4.77. The molecule has 3 rings (SSSR count). The maximum atomic E-state index is 13.1. The van der Waals surface area contributed by atoms with Crippen molar-refractivity contribution in [2.45, 2.75) is 40.5 Å². The van der Waals surface area contributed by atoms with Crippen LogP contribution in [0.25, 0.3) is 0 Å². The van der Waals surface area contributed by atoms with Crippen molar-refractivity contribution in [1.29, 1.82) is 0 Å². The third kappa shape index (κ3) is 6.14. The number of rotatable bonds is 8. The van der Waals surface area contributed by atoms with Crippen molar-refractivity contribution in [1.82, 2.24) is 20.1 Å². The Bertz CT molecular complexity index is 838. The number of nitrogens with one attached hydrogen (secondary N) is 2. The van der Waals surface area contributed by atoms with Gasteiger partial charge in [-0.1, -0.05) is 6.92 Å². The number of carbonyl (C=O) groups excluding carboxylic acids is 3. The number of likely N-dealkylation sites (tertiary alicyclic amines) is 1. The molecule has 184 valence electrons. The first kappa shape index (κ1) is 25.2. The van der Waals surface area contributed by atoms with E-state index in [-0.39, 0.29) is 23.7 Å². The number of amides is 2. The number of ether oxygens (including phenoxy) is 2. The highest BCUT2D eigenvalue weighted by Gasteiger charge is 2.32. The van der Waals surface area contributed by atoms with Gasteiger partial charge in [-0.3, -0.25) is 14.5 Å². The van der Waals surface area contributed by atoms with Gasteiger partial charge in [0.1, 0.15) is 5.69 Å². The molecule has 1 aromatic rings. The lowest BCUT2D eigenvalue weighted by atomic mass is 9.84. The van der Waals surface area contributed by atoms with Gasteiger partial charge in [0.25, 0.3) is 5.91 Å². The van der Waals surface area contributed by atoms with Crippen LogP contribution in [0.1, 0.15) is 58.8 Å². The number of aromatic nitrogens is 1. The number of hydrogen-bond donors (Lipinski definition) is 2. The van der Waals surface area contributed by atoms with E-state index in [4.69, 9.17) is 9.47 Å². The summed E-state index contributed by atoms with van der Waals surface area (Å²) in [6, 6.07) is 0. The van der Waals surface area contributed by atoms with E-state index in [0.29, 0.717) is 48.8 Å². The standard InChI is InChI=1S/C24H38N4O5/c1-5-33-24(31)20-17(3)21(26-18(20)4)23(30)28-9-6-19(7-10-28)16(2)22(29)25-8-11-27-12-14-32-15-13-27/h16,19,26H,5-15H2,1-4H3,(H,25,29). The zero-order valence-electron chi connectivity index (χ0n) is 20.4. The van der Waals surface area contributed by atoms with Crippen LogP contribution in [0.2, 0.25) is 0 Å². The Kier molecular flexibility index (Phi) is 8.91.